The van der Waals surface area contributed by atoms with Crippen LogP contribution in [-0.4, -0.2) is 38.5 Å². The molecule has 0 saturated carbocycles. The first-order chi connectivity index (χ1) is 12.0. The molecule has 0 aromatic heterocycles. The van der Waals surface area contributed by atoms with Crippen molar-refractivity contribution in [3.05, 3.63) is 71.0 Å². The Balaban J connectivity index is 1.96. The molecule has 0 heterocycles. The van der Waals surface area contributed by atoms with Gasteiger partial charge in [0, 0.05) is 20.1 Å². The van der Waals surface area contributed by atoms with E-state index in [0.717, 1.165) is 18.1 Å². The molecule has 134 valence electrons. The molecule has 0 aliphatic heterocycles. The lowest BCUT2D eigenvalue weighted by Crippen LogP contribution is -2.41. The van der Waals surface area contributed by atoms with Crippen molar-refractivity contribution in [2.75, 3.05) is 27.7 Å². The van der Waals surface area contributed by atoms with Gasteiger partial charge in [-0.1, -0.05) is 36.4 Å². The Morgan fingerprint density at radius 2 is 1.76 bits per heavy atom. The van der Waals surface area contributed by atoms with Crippen molar-refractivity contribution >= 4 is 5.96 Å². The molecule has 0 spiro atoms. The number of nitrogens with zero attached hydrogens (tertiary/aromatic N) is 2. The third kappa shape index (κ3) is 5.57. The fourth-order valence-corrected chi connectivity index (χ4v) is 2.68. The summed E-state index contributed by atoms with van der Waals surface area (Å²) in [6.07, 6.45) is 0. The molecular weight excluding hydrogens is 315 g/mol. The molecular formula is C20H27FN4. The standard InChI is InChI=1S/C20H27FN4/c1-15-7-5-6-8-17(15)13-23-20(22-2)24-14-19(25(3)4)16-9-11-18(21)12-10-16/h5-12,19H,13-14H2,1-4H3,(H2,22,23,24). The first kappa shape index (κ1) is 18.9. The van der Waals surface area contributed by atoms with E-state index in [4.69, 9.17) is 0 Å². The molecule has 0 saturated heterocycles. The summed E-state index contributed by atoms with van der Waals surface area (Å²) < 4.78 is 13.2. The van der Waals surface area contributed by atoms with Crippen molar-refractivity contribution < 1.29 is 4.39 Å². The summed E-state index contributed by atoms with van der Waals surface area (Å²) in [5.41, 5.74) is 3.56. The van der Waals surface area contributed by atoms with E-state index in [2.05, 4.69) is 39.6 Å². The zero-order valence-electron chi connectivity index (χ0n) is 15.4. The van der Waals surface area contributed by atoms with E-state index in [1.54, 1.807) is 7.05 Å². The van der Waals surface area contributed by atoms with Crippen LogP contribution in [0.2, 0.25) is 0 Å². The largest absolute Gasteiger partial charge is 0.354 e. The Morgan fingerprint density at radius 3 is 2.36 bits per heavy atom. The summed E-state index contributed by atoms with van der Waals surface area (Å²) in [5, 5.41) is 6.70. The number of guanidine groups is 1. The molecule has 2 N–H and O–H groups in total. The summed E-state index contributed by atoms with van der Waals surface area (Å²) >= 11 is 0. The Hall–Kier alpha value is -2.40. The van der Waals surface area contributed by atoms with Crippen LogP contribution in [0.25, 0.3) is 0 Å². The summed E-state index contributed by atoms with van der Waals surface area (Å²) in [7, 11) is 5.79. The van der Waals surface area contributed by atoms with Crippen LogP contribution in [0, 0.1) is 12.7 Å². The van der Waals surface area contributed by atoms with Crippen LogP contribution >= 0.6 is 0 Å². The van der Waals surface area contributed by atoms with Gasteiger partial charge in [0.05, 0.1) is 6.04 Å². The lowest BCUT2D eigenvalue weighted by atomic mass is 10.1. The van der Waals surface area contributed by atoms with Crippen molar-refractivity contribution in [3.63, 3.8) is 0 Å². The van der Waals surface area contributed by atoms with E-state index in [1.165, 1.54) is 23.3 Å². The Bertz CT molecular complexity index is 695. The zero-order chi connectivity index (χ0) is 18.2. The highest BCUT2D eigenvalue weighted by Gasteiger charge is 2.14. The number of aliphatic imine (C=N–C) groups is 1. The highest BCUT2D eigenvalue weighted by atomic mass is 19.1. The van der Waals surface area contributed by atoms with Crippen molar-refractivity contribution in [2.24, 2.45) is 4.99 Å². The Morgan fingerprint density at radius 1 is 1.08 bits per heavy atom. The van der Waals surface area contributed by atoms with Gasteiger partial charge in [-0.05, 0) is 49.8 Å². The van der Waals surface area contributed by atoms with Gasteiger partial charge in [-0.25, -0.2) is 4.39 Å². The summed E-state index contributed by atoms with van der Waals surface area (Å²) in [5.74, 6) is 0.530. The van der Waals surface area contributed by atoms with Crippen molar-refractivity contribution in [1.82, 2.24) is 15.5 Å². The van der Waals surface area contributed by atoms with Gasteiger partial charge in [0.15, 0.2) is 5.96 Å². The summed E-state index contributed by atoms with van der Waals surface area (Å²) in [6.45, 7) is 3.49. The maximum absolute atomic E-state index is 13.2. The number of hydrogen-bond donors (Lipinski definition) is 2. The average molecular weight is 342 g/mol. The average Bonchev–Trinajstić information content (AvgIpc) is 2.60. The Labute approximate surface area is 149 Å². The lowest BCUT2D eigenvalue weighted by Gasteiger charge is -2.26. The van der Waals surface area contributed by atoms with Gasteiger partial charge in [0.2, 0.25) is 0 Å². The molecule has 2 aromatic rings. The maximum Gasteiger partial charge on any atom is 0.191 e. The molecule has 1 atom stereocenters. The van der Waals surface area contributed by atoms with Gasteiger partial charge in [-0.15, -0.1) is 0 Å². The van der Waals surface area contributed by atoms with E-state index in [1.807, 2.05) is 38.4 Å². The van der Waals surface area contributed by atoms with Gasteiger partial charge in [-0.2, -0.15) is 0 Å². The molecule has 0 aliphatic carbocycles. The zero-order valence-corrected chi connectivity index (χ0v) is 15.4. The quantitative estimate of drug-likeness (QED) is 0.626. The first-order valence-electron chi connectivity index (χ1n) is 8.42. The van der Waals surface area contributed by atoms with Gasteiger partial charge < -0.3 is 15.5 Å². The van der Waals surface area contributed by atoms with Gasteiger partial charge in [0.25, 0.3) is 0 Å². The van der Waals surface area contributed by atoms with Crippen LogP contribution in [0.4, 0.5) is 4.39 Å². The molecule has 0 radical (unpaired) electrons. The second-order valence-corrected chi connectivity index (χ2v) is 6.26. The molecule has 2 aromatic carbocycles. The summed E-state index contributed by atoms with van der Waals surface area (Å²) in [6, 6.07) is 15.1. The topological polar surface area (TPSA) is 39.7 Å². The molecule has 1 unspecified atom stereocenters. The number of rotatable bonds is 6. The van der Waals surface area contributed by atoms with Crippen LogP contribution in [0.1, 0.15) is 22.7 Å². The minimum atomic E-state index is -0.218. The number of hydrogen-bond acceptors (Lipinski definition) is 2. The maximum atomic E-state index is 13.2. The minimum Gasteiger partial charge on any atom is -0.354 e. The molecule has 4 nitrogen and oxygen atoms in total. The number of halogens is 1. The monoisotopic (exact) mass is 342 g/mol. The fraction of sp³-hybridized carbons (Fsp3) is 0.350. The van der Waals surface area contributed by atoms with Crippen LogP contribution in [0.5, 0.6) is 0 Å². The van der Waals surface area contributed by atoms with Crippen LogP contribution in [-0.2, 0) is 6.54 Å². The van der Waals surface area contributed by atoms with Gasteiger partial charge >= 0.3 is 0 Å². The highest BCUT2D eigenvalue weighted by Crippen LogP contribution is 2.17. The van der Waals surface area contributed by atoms with Gasteiger partial charge in [0.1, 0.15) is 5.82 Å². The predicted molar refractivity (Wildman–Crippen MR) is 102 cm³/mol. The number of likely N-dealkylation sites (N-methyl/N-ethyl adjacent to an activating group) is 1. The van der Waals surface area contributed by atoms with Crippen LogP contribution in [0.15, 0.2) is 53.5 Å². The highest BCUT2D eigenvalue weighted by molar-refractivity contribution is 5.79. The molecule has 0 amide bonds. The fourth-order valence-electron chi connectivity index (χ4n) is 2.68. The second-order valence-electron chi connectivity index (χ2n) is 6.26. The van der Waals surface area contributed by atoms with E-state index in [9.17, 15) is 4.39 Å². The second kappa shape index (κ2) is 9.18. The normalized spacial score (nSPS) is 13.0. The molecule has 2 rings (SSSR count). The van der Waals surface area contributed by atoms with Crippen molar-refractivity contribution in [1.29, 1.82) is 0 Å². The van der Waals surface area contributed by atoms with E-state index < -0.39 is 0 Å². The smallest absolute Gasteiger partial charge is 0.191 e. The lowest BCUT2D eigenvalue weighted by molar-refractivity contribution is 0.298. The number of benzene rings is 2. The Kier molecular flexibility index (Phi) is 6.95. The first-order valence-corrected chi connectivity index (χ1v) is 8.42. The number of aryl methyl sites for hydroxylation is 1. The molecule has 5 heteroatoms. The van der Waals surface area contributed by atoms with Crippen LogP contribution < -0.4 is 10.6 Å². The molecule has 0 bridgehead atoms. The third-order valence-electron chi connectivity index (χ3n) is 4.27. The van der Waals surface area contributed by atoms with E-state index in [0.29, 0.717) is 6.54 Å². The van der Waals surface area contributed by atoms with Gasteiger partial charge in [-0.3, -0.25) is 4.99 Å². The molecule has 25 heavy (non-hydrogen) atoms. The van der Waals surface area contributed by atoms with Crippen molar-refractivity contribution in [2.45, 2.75) is 19.5 Å². The minimum absolute atomic E-state index is 0.123. The van der Waals surface area contributed by atoms with Crippen molar-refractivity contribution in [3.8, 4) is 0 Å². The third-order valence-corrected chi connectivity index (χ3v) is 4.27. The van der Waals surface area contributed by atoms with Crippen LogP contribution in [0.3, 0.4) is 0 Å². The predicted octanol–water partition coefficient (Wildman–Crippen LogP) is 3.10. The molecule has 0 aliphatic rings. The van der Waals surface area contributed by atoms with E-state index >= 15 is 0 Å². The SMILES string of the molecule is CN=C(NCc1ccccc1C)NCC(c1ccc(F)cc1)N(C)C. The van der Waals surface area contributed by atoms with E-state index in [-0.39, 0.29) is 11.9 Å². The molecule has 0 fully saturated rings. The summed E-state index contributed by atoms with van der Waals surface area (Å²) in [4.78, 5) is 6.39. The number of nitrogens with one attached hydrogen (secondary N) is 2.